The molecule has 0 bridgehead atoms. The van der Waals surface area contributed by atoms with Crippen LogP contribution in [0.25, 0.3) is 0 Å². The van der Waals surface area contributed by atoms with Gasteiger partial charge in [0.2, 0.25) is 5.91 Å². The van der Waals surface area contributed by atoms with Crippen molar-refractivity contribution in [3.63, 3.8) is 0 Å². The minimum atomic E-state index is -0.890. The van der Waals surface area contributed by atoms with Gasteiger partial charge in [-0.2, -0.15) is 0 Å². The Kier molecular flexibility index (Phi) is 7.51. The van der Waals surface area contributed by atoms with E-state index in [1.54, 1.807) is 9.80 Å². The third-order valence-corrected chi connectivity index (χ3v) is 5.77. The maximum absolute atomic E-state index is 12.7. The summed E-state index contributed by atoms with van der Waals surface area (Å²) in [7, 11) is 0. The van der Waals surface area contributed by atoms with Gasteiger partial charge in [-0.15, -0.1) is 0 Å². The fourth-order valence-corrected chi connectivity index (χ4v) is 3.81. The molecule has 3 amide bonds. The van der Waals surface area contributed by atoms with Gasteiger partial charge in [0.05, 0.1) is 0 Å². The van der Waals surface area contributed by atoms with Crippen LogP contribution in [0.15, 0.2) is 30.3 Å². The average molecular weight is 418 g/mol. The summed E-state index contributed by atoms with van der Waals surface area (Å²) in [6, 6.07) is 9.60. The summed E-state index contributed by atoms with van der Waals surface area (Å²) in [6.45, 7) is 6.39. The summed E-state index contributed by atoms with van der Waals surface area (Å²) >= 11 is 0. The summed E-state index contributed by atoms with van der Waals surface area (Å²) in [5, 5.41) is 9.04. The molecule has 164 valence electrons. The molecular weight excluding hydrogens is 388 g/mol. The van der Waals surface area contributed by atoms with Crippen molar-refractivity contribution in [3.8, 4) is 0 Å². The van der Waals surface area contributed by atoms with Crippen molar-refractivity contribution in [3.05, 3.63) is 35.9 Å². The van der Waals surface area contributed by atoms with Crippen molar-refractivity contribution in [1.29, 1.82) is 0 Å². The highest BCUT2D eigenvalue weighted by atomic mass is 16.6. The predicted molar refractivity (Wildman–Crippen MR) is 110 cm³/mol. The molecule has 0 aliphatic carbocycles. The number of nitrogens with zero attached hydrogens (tertiary/aromatic N) is 4. The first-order chi connectivity index (χ1) is 14.4. The fourth-order valence-electron chi connectivity index (χ4n) is 3.81. The van der Waals surface area contributed by atoms with Crippen LogP contribution in [-0.2, 0) is 16.1 Å². The van der Waals surface area contributed by atoms with Crippen LogP contribution in [-0.4, -0.2) is 101 Å². The molecule has 30 heavy (non-hydrogen) atoms. The highest BCUT2D eigenvalue weighted by molar-refractivity contribution is 5.77. The van der Waals surface area contributed by atoms with Crippen LogP contribution in [0, 0.1) is 0 Å². The molecule has 1 aromatic carbocycles. The van der Waals surface area contributed by atoms with Gasteiger partial charge in [-0.25, -0.2) is 9.59 Å². The average Bonchev–Trinajstić information content (AvgIpc) is 2.78. The van der Waals surface area contributed by atoms with E-state index in [-0.39, 0.29) is 24.6 Å². The summed E-state index contributed by atoms with van der Waals surface area (Å²) in [6.07, 6.45) is -0.847. The highest BCUT2D eigenvalue weighted by Crippen LogP contribution is 2.13. The van der Waals surface area contributed by atoms with Crippen molar-refractivity contribution in [2.24, 2.45) is 0 Å². The molecule has 1 atom stereocenters. The molecule has 2 aliphatic rings. The Hall–Kier alpha value is -2.81. The van der Waals surface area contributed by atoms with Crippen molar-refractivity contribution >= 4 is 18.1 Å². The zero-order chi connectivity index (χ0) is 21.5. The summed E-state index contributed by atoms with van der Waals surface area (Å²) in [5.74, 6) is 0.0699. The van der Waals surface area contributed by atoms with Crippen LogP contribution in [0.5, 0.6) is 0 Å². The lowest BCUT2D eigenvalue weighted by atomic mass is 10.1. The number of hydrogen-bond donors (Lipinski definition) is 1. The maximum Gasteiger partial charge on any atom is 0.410 e. The lowest BCUT2D eigenvalue weighted by Gasteiger charge is -2.38. The van der Waals surface area contributed by atoms with Gasteiger partial charge in [0.15, 0.2) is 0 Å². The standard InChI is InChI=1S/C21H30N4O5/c1-17(22-7-11-24(12-8-22)20(27)28)15-19(26)23-9-13-25(14-10-23)21(29)30-16-18-5-3-2-4-6-18/h2-6,17H,7-16H2,1H3,(H,27,28). The number of ether oxygens (including phenoxy) is 1. The van der Waals surface area contributed by atoms with Crippen LogP contribution >= 0.6 is 0 Å². The lowest BCUT2D eigenvalue weighted by Crippen LogP contribution is -2.53. The van der Waals surface area contributed by atoms with E-state index in [9.17, 15) is 14.4 Å². The Balaban J connectivity index is 1.37. The van der Waals surface area contributed by atoms with Gasteiger partial charge in [-0.05, 0) is 12.5 Å². The summed E-state index contributed by atoms with van der Waals surface area (Å²) < 4.78 is 5.36. The van der Waals surface area contributed by atoms with Crippen LogP contribution in [0.3, 0.4) is 0 Å². The van der Waals surface area contributed by atoms with Gasteiger partial charge in [-0.3, -0.25) is 9.69 Å². The van der Waals surface area contributed by atoms with E-state index in [0.717, 1.165) is 5.56 Å². The van der Waals surface area contributed by atoms with E-state index in [2.05, 4.69) is 4.90 Å². The second-order valence-electron chi connectivity index (χ2n) is 7.77. The Bertz CT molecular complexity index is 728. The number of carboxylic acid groups (broad SMARTS) is 1. The Morgan fingerprint density at radius 2 is 1.47 bits per heavy atom. The first-order valence-corrected chi connectivity index (χ1v) is 10.4. The number of piperazine rings is 2. The molecule has 1 N–H and O–H groups in total. The molecule has 0 saturated carbocycles. The first kappa shape index (κ1) is 21.9. The molecule has 0 radical (unpaired) electrons. The molecule has 2 fully saturated rings. The maximum atomic E-state index is 12.7. The molecule has 9 nitrogen and oxygen atoms in total. The van der Waals surface area contributed by atoms with Crippen LogP contribution in [0.1, 0.15) is 18.9 Å². The second kappa shape index (κ2) is 10.3. The molecule has 0 aromatic heterocycles. The van der Waals surface area contributed by atoms with E-state index in [4.69, 9.17) is 9.84 Å². The third kappa shape index (κ3) is 5.85. The largest absolute Gasteiger partial charge is 0.465 e. The molecular formula is C21H30N4O5. The van der Waals surface area contributed by atoms with Crippen LogP contribution < -0.4 is 0 Å². The SMILES string of the molecule is CC(CC(=O)N1CCN(C(=O)OCc2ccccc2)CC1)N1CCN(C(=O)O)CC1. The van der Waals surface area contributed by atoms with E-state index >= 15 is 0 Å². The van der Waals surface area contributed by atoms with Crippen LogP contribution in [0.2, 0.25) is 0 Å². The van der Waals surface area contributed by atoms with Gasteiger partial charge in [-0.1, -0.05) is 30.3 Å². The van der Waals surface area contributed by atoms with E-state index < -0.39 is 6.09 Å². The molecule has 3 rings (SSSR count). The highest BCUT2D eigenvalue weighted by Gasteiger charge is 2.29. The smallest absolute Gasteiger partial charge is 0.410 e. The fraction of sp³-hybridized carbons (Fsp3) is 0.571. The van der Waals surface area contributed by atoms with Gasteiger partial charge in [0.1, 0.15) is 6.61 Å². The number of rotatable bonds is 5. The van der Waals surface area contributed by atoms with Gasteiger partial charge >= 0.3 is 12.2 Å². The molecule has 9 heteroatoms. The number of hydrogen-bond acceptors (Lipinski definition) is 5. The Labute approximate surface area is 176 Å². The zero-order valence-corrected chi connectivity index (χ0v) is 17.4. The quantitative estimate of drug-likeness (QED) is 0.780. The van der Waals surface area contributed by atoms with Crippen molar-refractivity contribution in [1.82, 2.24) is 19.6 Å². The van der Waals surface area contributed by atoms with E-state index in [1.165, 1.54) is 4.90 Å². The Morgan fingerprint density at radius 3 is 2.07 bits per heavy atom. The normalized spacial score (nSPS) is 18.8. The third-order valence-electron chi connectivity index (χ3n) is 5.77. The zero-order valence-electron chi connectivity index (χ0n) is 17.4. The number of carbonyl (C=O) groups is 3. The van der Waals surface area contributed by atoms with Crippen molar-refractivity contribution < 1.29 is 24.2 Å². The molecule has 1 aromatic rings. The van der Waals surface area contributed by atoms with Gasteiger partial charge in [0, 0.05) is 64.8 Å². The van der Waals surface area contributed by atoms with Gasteiger partial charge in [0.25, 0.3) is 0 Å². The van der Waals surface area contributed by atoms with E-state index in [0.29, 0.717) is 58.8 Å². The monoisotopic (exact) mass is 418 g/mol. The molecule has 2 heterocycles. The van der Waals surface area contributed by atoms with Gasteiger partial charge < -0.3 is 24.5 Å². The van der Waals surface area contributed by atoms with Crippen LogP contribution in [0.4, 0.5) is 9.59 Å². The second-order valence-corrected chi connectivity index (χ2v) is 7.77. The number of amides is 3. The minimum absolute atomic E-state index is 0.0577. The number of benzene rings is 1. The van der Waals surface area contributed by atoms with Crippen molar-refractivity contribution in [2.45, 2.75) is 26.0 Å². The molecule has 2 saturated heterocycles. The molecule has 0 spiro atoms. The van der Waals surface area contributed by atoms with Crippen molar-refractivity contribution in [2.75, 3.05) is 52.4 Å². The number of carbonyl (C=O) groups excluding carboxylic acids is 2. The summed E-state index contributed by atoms with van der Waals surface area (Å²) in [5.41, 5.74) is 0.942. The predicted octanol–water partition coefficient (Wildman–Crippen LogP) is 1.54. The topological polar surface area (TPSA) is 93.6 Å². The minimum Gasteiger partial charge on any atom is -0.465 e. The first-order valence-electron chi connectivity index (χ1n) is 10.4. The summed E-state index contributed by atoms with van der Waals surface area (Å²) in [4.78, 5) is 42.9. The molecule has 1 unspecified atom stereocenters. The Morgan fingerprint density at radius 1 is 0.900 bits per heavy atom. The lowest BCUT2D eigenvalue weighted by molar-refractivity contribution is -0.134. The molecule has 2 aliphatic heterocycles. The van der Waals surface area contributed by atoms with E-state index in [1.807, 2.05) is 37.3 Å².